The number of benzene rings is 2. The van der Waals surface area contributed by atoms with Crippen LogP contribution in [0.1, 0.15) is 44.7 Å². The summed E-state index contributed by atoms with van der Waals surface area (Å²) in [6.45, 7) is 6.47. The number of hydrogen-bond donors (Lipinski definition) is 0. The molecule has 1 heterocycles. The average Bonchev–Trinajstić information content (AvgIpc) is 3.07. The van der Waals surface area contributed by atoms with Crippen LogP contribution >= 0.6 is 0 Å². The van der Waals surface area contributed by atoms with Gasteiger partial charge in [-0.3, -0.25) is 0 Å². The molecule has 0 atom stereocenters. The Balaban J connectivity index is 0.00000261. The minimum Gasteiger partial charge on any atom is -0.345 e. The van der Waals surface area contributed by atoms with Crippen LogP contribution in [0.2, 0.25) is 0 Å². The van der Waals surface area contributed by atoms with Crippen molar-refractivity contribution in [3.05, 3.63) is 78.1 Å². The fourth-order valence-electron chi connectivity index (χ4n) is 3.23. The van der Waals surface area contributed by atoms with Gasteiger partial charge < -0.3 is 4.57 Å². The largest absolute Gasteiger partial charge is 1.00 e. The minimum atomic E-state index is 0. The van der Waals surface area contributed by atoms with Gasteiger partial charge in [-0.2, -0.15) is 18.2 Å². The second-order valence-electron chi connectivity index (χ2n) is 7.11. The van der Waals surface area contributed by atoms with Crippen molar-refractivity contribution in [1.29, 1.82) is 0 Å². The smallest absolute Gasteiger partial charge is 0.345 e. The van der Waals surface area contributed by atoms with Gasteiger partial charge in [-0.15, -0.1) is 18.1 Å². The summed E-state index contributed by atoms with van der Waals surface area (Å²) in [5, 5.41) is 0. The van der Waals surface area contributed by atoms with E-state index in [2.05, 4.69) is 85.1 Å². The Morgan fingerprint density at radius 1 is 1.07 bits per heavy atom. The standard InChI is InChI=1S/C25H26N.K/c1-4-10-23-18-26(24-15-6-5-7-16-24)19-25(23)22-14-9-13-21(17-22)12-8-11-20(2)3;/h6-7,9,13-20H,8,11-12H2,1-3H3;/q-1;+1. The van der Waals surface area contributed by atoms with Crippen molar-refractivity contribution in [2.75, 3.05) is 0 Å². The van der Waals surface area contributed by atoms with E-state index < -0.39 is 0 Å². The molecule has 0 amide bonds. The summed E-state index contributed by atoms with van der Waals surface area (Å²) in [4.78, 5) is 0. The molecule has 132 valence electrons. The van der Waals surface area contributed by atoms with Crippen molar-refractivity contribution in [2.24, 2.45) is 5.92 Å². The van der Waals surface area contributed by atoms with Gasteiger partial charge in [0.25, 0.3) is 0 Å². The molecule has 0 aliphatic rings. The third-order valence-electron chi connectivity index (χ3n) is 4.57. The van der Waals surface area contributed by atoms with Gasteiger partial charge in [0.15, 0.2) is 0 Å². The van der Waals surface area contributed by atoms with E-state index in [9.17, 15) is 0 Å². The van der Waals surface area contributed by atoms with E-state index in [0.29, 0.717) is 0 Å². The molecule has 0 spiro atoms. The van der Waals surface area contributed by atoms with E-state index in [1.807, 2.05) is 19.1 Å². The summed E-state index contributed by atoms with van der Waals surface area (Å²) in [5.74, 6) is 7.08. The summed E-state index contributed by atoms with van der Waals surface area (Å²) in [7, 11) is 0. The second kappa shape index (κ2) is 11.0. The molecule has 3 aromatic rings. The van der Waals surface area contributed by atoms with E-state index in [0.717, 1.165) is 23.6 Å². The van der Waals surface area contributed by atoms with Crippen LogP contribution in [0.5, 0.6) is 0 Å². The number of rotatable bonds is 6. The number of hydrogen-bond acceptors (Lipinski definition) is 0. The van der Waals surface area contributed by atoms with Crippen LogP contribution in [0, 0.1) is 23.8 Å². The average molecular weight is 380 g/mol. The van der Waals surface area contributed by atoms with E-state index in [-0.39, 0.29) is 51.4 Å². The predicted molar refractivity (Wildman–Crippen MR) is 110 cm³/mol. The van der Waals surface area contributed by atoms with Gasteiger partial charge in [0, 0.05) is 18.0 Å². The number of nitrogens with zero attached hydrogens (tertiary/aromatic N) is 1. The van der Waals surface area contributed by atoms with Crippen LogP contribution in [0.25, 0.3) is 16.8 Å². The van der Waals surface area contributed by atoms with Crippen molar-refractivity contribution >= 4 is 0 Å². The first-order valence-corrected chi connectivity index (χ1v) is 9.38. The molecule has 3 rings (SSSR count). The van der Waals surface area contributed by atoms with Gasteiger partial charge in [0.05, 0.1) is 5.56 Å². The maximum atomic E-state index is 3.26. The molecule has 2 heteroatoms. The van der Waals surface area contributed by atoms with Crippen LogP contribution < -0.4 is 51.4 Å². The molecule has 1 nitrogen and oxygen atoms in total. The van der Waals surface area contributed by atoms with Crippen molar-refractivity contribution in [1.82, 2.24) is 4.57 Å². The molecule has 0 radical (unpaired) electrons. The van der Waals surface area contributed by atoms with Gasteiger partial charge in [-0.05, 0) is 36.8 Å². The molecular weight excluding hydrogens is 353 g/mol. The minimum absolute atomic E-state index is 0. The Morgan fingerprint density at radius 3 is 2.56 bits per heavy atom. The fraction of sp³-hybridized carbons (Fsp3) is 0.280. The van der Waals surface area contributed by atoms with E-state index in [1.54, 1.807) is 0 Å². The zero-order valence-corrected chi connectivity index (χ0v) is 20.0. The van der Waals surface area contributed by atoms with Crippen LogP contribution in [-0.2, 0) is 6.42 Å². The summed E-state index contributed by atoms with van der Waals surface area (Å²) < 4.78 is 2.15. The van der Waals surface area contributed by atoms with Gasteiger partial charge in [0.2, 0.25) is 0 Å². The van der Waals surface area contributed by atoms with E-state index >= 15 is 0 Å². The van der Waals surface area contributed by atoms with E-state index in [1.165, 1.54) is 29.5 Å². The van der Waals surface area contributed by atoms with Gasteiger partial charge in [0.1, 0.15) is 0 Å². The maximum absolute atomic E-state index is 3.26. The molecule has 0 unspecified atom stereocenters. The molecule has 2 aromatic carbocycles. The third-order valence-corrected chi connectivity index (χ3v) is 4.57. The Bertz CT molecular complexity index is 910. The van der Waals surface area contributed by atoms with Crippen molar-refractivity contribution < 1.29 is 51.4 Å². The molecule has 0 bridgehead atoms. The molecule has 0 N–H and O–H groups in total. The van der Waals surface area contributed by atoms with E-state index in [4.69, 9.17) is 0 Å². The Morgan fingerprint density at radius 2 is 1.85 bits per heavy atom. The molecule has 1 aromatic heterocycles. The first-order chi connectivity index (χ1) is 12.7. The first kappa shape index (κ1) is 22.2. The van der Waals surface area contributed by atoms with Crippen LogP contribution in [-0.4, -0.2) is 4.57 Å². The molecule has 0 fully saturated rings. The first-order valence-electron chi connectivity index (χ1n) is 9.38. The predicted octanol–water partition coefficient (Wildman–Crippen LogP) is 3.30. The Kier molecular flexibility index (Phi) is 9.09. The molecule has 0 aliphatic heterocycles. The Hall–Kier alpha value is -1.08. The summed E-state index contributed by atoms with van der Waals surface area (Å²) >= 11 is 0. The SMILES string of the molecule is CC#Cc1cn(-c2cc[c-]cc2)cc1-c1cccc(CCCC(C)C)c1.[K+]. The zero-order valence-electron chi connectivity index (χ0n) is 16.9. The Labute approximate surface area is 206 Å². The quantitative estimate of drug-likeness (QED) is 0.352. The molecule has 0 aliphatic carbocycles. The normalized spacial score (nSPS) is 10.2. The molecule has 0 saturated heterocycles. The zero-order chi connectivity index (χ0) is 18.4. The third kappa shape index (κ3) is 6.21. The molecule has 0 saturated carbocycles. The topological polar surface area (TPSA) is 4.93 Å². The monoisotopic (exact) mass is 379 g/mol. The van der Waals surface area contributed by atoms with Gasteiger partial charge in [-0.25, -0.2) is 0 Å². The maximum Gasteiger partial charge on any atom is 1.00 e. The molecule has 27 heavy (non-hydrogen) atoms. The van der Waals surface area contributed by atoms with Gasteiger partial charge in [-0.1, -0.05) is 56.1 Å². The second-order valence-corrected chi connectivity index (χ2v) is 7.11. The van der Waals surface area contributed by atoms with Crippen molar-refractivity contribution in [3.63, 3.8) is 0 Å². The van der Waals surface area contributed by atoms with Crippen molar-refractivity contribution in [3.8, 4) is 28.7 Å². The summed E-state index contributed by atoms with van der Waals surface area (Å²) in [6.07, 6.45) is 7.95. The molecular formula is C25H26KN. The number of aryl methyl sites for hydroxylation is 1. The van der Waals surface area contributed by atoms with Crippen LogP contribution in [0.3, 0.4) is 0 Å². The van der Waals surface area contributed by atoms with Crippen LogP contribution in [0.15, 0.2) is 60.9 Å². The number of aromatic nitrogens is 1. The summed E-state index contributed by atoms with van der Waals surface area (Å²) in [5.41, 5.74) is 6.03. The fourth-order valence-corrected chi connectivity index (χ4v) is 3.23. The van der Waals surface area contributed by atoms with Gasteiger partial charge >= 0.3 is 51.4 Å². The van der Waals surface area contributed by atoms with Crippen LogP contribution in [0.4, 0.5) is 0 Å². The van der Waals surface area contributed by atoms with Crippen molar-refractivity contribution in [2.45, 2.75) is 40.0 Å². The summed E-state index contributed by atoms with van der Waals surface area (Å²) in [6, 6.07) is 20.0.